The number of ketones is 1. The summed E-state index contributed by atoms with van der Waals surface area (Å²) in [6.45, 7) is 10.1. The van der Waals surface area contributed by atoms with E-state index in [0.717, 1.165) is 11.3 Å². The van der Waals surface area contributed by atoms with Gasteiger partial charge in [0.05, 0.1) is 18.1 Å². The van der Waals surface area contributed by atoms with Crippen LogP contribution in [0.15, 0.2) is 34.8 Å². The van der Waals surface area contributed by atoms with Crippen molar-refractivity contribution in [3.05, 3.63) is 44.6 Å². The summed E-state index contributed by atoms with van der Waals surface area (Å²) in [5.41, 5.74) is 0.970. The van der Waals surface area contributed by atoms with Crippen molar-refractivity contribution in [1.82, 2.24) is 0 Å². The zero-order valence-corrected chi connectivity index (χ0v) is 16.9. The summed E-state index contributed by atoms with van der Waals surface area (Å²) < 4.78 is 11.3. The molecule has 1 aromatic rings. The fraction of sp³-hybridized carbons (Fsp3) is 0.524. The monoisotopic (exact) mass is 374 g/mol. The maximum absolute atomic E-state index is 13.0. The van der Waals surface area contributed by atoms with Crippen LogP contribution in [0.5, 0.6) is 0 Å². The van der Waals surface area contributed by atoms with E-state index < -0.39 is 5.97 Å². The van der Waals surface area contributed by atoms with Gasteiger partial charge in [-0.05, 0) is 37.8 Å². The van der Waals surface area contributed by atoms with Crippen LogP contribution in [0, 0.1) is 5.41 Å². The van der Waals surface area contributed by atoms with E-state index in [2.05, 4.69) is 26.8 Å². The Kier molecular flexibility index (Phi) is 5.11. The van der Waals surface area contributed by atoms with Gasteiger partial charge in [-0.25, -0.2) is 4.79 Å². The highest BCUT2D eigenvalue weighted by Crippen LogP contribution is 2.50. The number of Topliss-reactive ketones (excluding diaryl/α,β-unsaturated/α-hetero) is 1. The number of hydrogen-bond acceptors (Lipinski definition) is 5. The number of allylic oxidation sites excluding steroid dienone is 3. The predicted molar refractivity (Wildman–Crippen MR) is 102 cm³/mol. The van der Waals surface area contributed by atoms with Crippen molar-refractivity contribution < 1.29 is 19.1 Å². The number of carbonyl (C=O) groups excluding carboxylic acids is 2. The fourth-order valence-corrected chi connectivity index (χ4v) is 4.85. The van der Waals surface area contributed by atoms with Crippen LogP contribution in [0.4, 0.5) is 0 Å². The molecule has 1 aliphatic carbocycles. The predicted octanol–water partition coefficient (Wildman–Crippen LogP) is 4.90. The molecular formula is C21H26O4S. The number of hydrogen-bond donors (Lipinski definition) is 0. The second-order valence-electron chi connectivity index (χ2n) is 7.66. The van der Waals surface area contributed by atoms with E-state index in [1.54, 1.807) is 25.2 Å². The second-order valence-corrected chi connectivity index (χ2v) is 8.86. The lowest BCUT2D eigenvalue weighted by Crippen LogP contribution is -2.33. The van der Waals surface area contributed by atoms with Crippen molar-refractivity contribution in [2.75, 3.05) is 6.61 Å². The van der Waals surface area contributed by atoms with E-state index in [-0.39, 0.29) is 17.1 Å². The molecule has 2 aliphatic rings. The smallest absolute Gasteiger partial charge is 0.338 e. The van der Waals surface area contributed by atoms with Gasteiger partial charge in [-0.1, -0.05) is 20.8 Å². The SMILES string of the molecule is CCOC(=O)C1=C(C)OC2=C(C(=O)CC(C)(C)C2)C1c1ccc(CC)s1. The molecule has 26 heavy (non-hydrogen) atoms. The van der Waals surface area contributed by atoms with Crippen LogP contribution >= 0.6 is 11.3 Å². The molecule has 0 saturated heterocycles. The molecule has 1 aliphatic heterocycles. The van der Waals surface area contributed by atoms with Crippen LogP contribution in [0.25, 0.3) is 0 Å². The molecule has 0 spiro atoms. The maximum Gasteiger partial charge on any atom is 0.338 e. The molecular weight excluding hydrogens is 348 g/mol. The highest BCUT2D eigenvalue weighted by molar-refractivity contribution is 7.12. The van der Waals surface area contributed by atoms with Crippen LogP contribution in [0.2, 0.25) is 0 Å². The van der Waals surface area contributed by atoms with Gasteiger partial charge < -0.3 is 9.47 Å². The van der Waals surface area contributed by atoms with Gasteiger partial charge in [0.2, 0.25) is 0 Å². The van der Waals surface area contributed by atoms with E-state index in [1.807, 2.05) is 6.07 Å². The largest absolute Gasteiger partial charge is 0.465 e. The Morgan fingerprint density at radius 1 is 1.31 bits per heavy atom. The first-order chi connectivity index (χ1) is 12.3. The van der Waals surface area contributed by atoms with E-state index in [9.17, 15) is 9.59 Å². The van der Waals surface area contributed by atoms with Gasteiger partial charge in [0.25, 0.3) is 0 Å². The number of thiophene rings is 1. The van der Waals surface area contributed by atoms with Crippen molar-refractivity contribution in [2.45, 2.75) is 59.8 Å². The number of carbonyl (C=O) groups is 2. The molecule has 0 N–H and O–H groups in total. The minimum atomic E-state index is -0.398. The topological polar surface area (TPSA) is 52.6 Å². The molecule has 0 fully saturated rings. The summed E-state index contributed by atoms with van der Waals surface area (Å²) in [4.78, 5) is 28.0. The zero-order chi connectivity index (χ0) is 19.1. The Balaban J connectivity index is 2.15. The van der Waals surface area contributed by atoms with E-state index >= 15 is 0 Å². The minimum Gasteiger partial charge on any atom is -0.465 e. The van der Waals surface area contributed by atoms with Gasteiger partial charge in [-0.15, -0.1) is 11.3 Å². The highest BCUT2D eigenvalue weighted by atomic mass is 32.1. The van der Waals surface area contributed by atoms with E-state index in [0.29, 0.717) is 42.1 Å². The minimum absolute atomic E-state index is 0.0713. The van der Waals surface area contributed by atoms with Gasteiger partial charge in [-0.2, -0.15) is 0 Å². The molecule has 0 radical (unpaired) electrons. The van der Waals surface area contributed by atoms with Crippen molar-refractivity contribution in [3.63, 3.8) is 0 Å². The number of esters is 1. The van der Waals surface area contributed by atoms with E-state index in [1.165, 1.54) is 4.88 Å². The molecule has 4 nitrogen and oxygen atoms in total. The molecule has 2 heterocycles. The maximum atomic E-state index is 13.0. The Bertz CT molecular complexity index is 810. The molecule has 0 saturated carbocycles. The molecule has 1 atom stereocenters. The number of ether oxygens (including phenoxy) is 2. The Labute approximate surface area is 158 Å². The van der Waals surface area contributed by atoms with Crippen LogP contribution in [0.1, 0.15) is 63.1 Å². The van der Waals surface area contributed by atoms with Crippen molar-refractivity contribution in [3.8, 4) is 0 Å². The zero-order valence-electron chi connectivity index (χ0n) is 16.1. The first-order valence-electron chi connectivity index (χ1n) is 9.18. The lowest BCUT2D eigenvalue weighted by atomic mass is 9.71. The standard InChI is InChI=1S/C21H26O4S/c1-6-13-8-9-16(26-13)19-17(20(23)24-7-2)12(3)25-15-11-21(4,5)10-14(22)18(15)19/h8-9,19H,6-7,10-11H2,1-5H3. The molecule has 140 valence electrons. The normalized spacial score (nSPS) is 22.2. The van der Waals surface area contributed by atoms with Crippen molar-refractivity contribution >= 4 is 23.1 Å². The van der Waals surface area contributed by atoms with Crippen molar-refractivity contribution in [1.29, 1.82) is 0 Å². The molecule has 1 aromatic heterocycles. The Morgan fingerprint density at radius 3 is 2.65 bits per heavy atom. The highest BCUT2D eigenvalue weighted by Gasteiger charge is 2.44. The lowest BCUT2D eigenvalue weighted by Gasteiger charge is -2.37. The first kappa shape index (κ1) is 18.9. The van der Waals surface area contributed by atoms with Crippen molar-refractivity contribution in [2.24, 2.45) is 5.41 Å². The first-order valence-corrected chi connectivity index (χ1v) is 9.99. The third-order valence-electron chi connectivity index (χ3n) is 4.92. The van der Waals surface area contributed by atoms with Gasteiger partial charge >= 0.3 is 5.97 Å². The summed E-state index contributed by atoms with van der Waals surface area (Å²) >= 11 is 1.65. The molecule has 0 bridgehead atoms. The van der Waals surface area contributed by atoms with Crippen LogP contribution in [-0.4, -0.2) is 18.4 Å². The van der Waals surface area contributed by atoms with Crippen LogP contribution in [0.3, 0.4) is 0 Å². The Hall–Kier alpha value is -1.88. The molecule has 1 unspecified atom stereocenters. The summed E-state index contributed by atoms with van der Waals surface area (Å²) in [5, 5.41) is 0. The summed E-state index contributed by atoms with van der Waals surface area (Å²) in [6.07, 6.45) is 2.09. The Morgan fingerprint density at radius 2 is 2.04 bits per heavy atom. The van der Waals surface area contributed by atoms with Gasteiger partial charge in [0, 0.05) is 28.2 Å². The second kappa shape index (κ2) is 7.03. The van der Waals surface area contributed by atoms with Gasteiger partial charge in [0.15, 0.2) is 5.78 Å². The average molecular weight is 375 g/mol. The fourth-order valence-electron chi connectivity index (χ4n) is 3.77. The third kappa shape index (κ3) is 3.37. The molecule has 3 rings (SSSR count). The summed E-state index contributed by atoms with van der Waals surface area (Å²) in [6, 6.07) is 4.11. The van der Waals surface area contributed by atoms with Gasteiger partial charge in [0.1, 0.15) is 11.5 Å². The van der Waals surface area contributed by atoms with Gasteiger partial charge in [-0.3, -0.25) is 4.79 Å². The summed E-state index contributed by atoms with van der Waals surface area (Å²) in [7, 11) is 0. The lowest BCUT2D eigenvalue weighted by molar-refractivity contribution is -0.139. The van der Waals surface area contributed by atoms with E-state index in [4.69, 9.17) is 9.47 Å². The molecule has 0 aromatic carbocycles. The van der Waals surface area contributed by atoms with Crippen LogP contribution < -0.4 is 0 Å². The van der Waals surface area contributed by atoms with Crippen LogP contribution in [-0.2, 0) is 25.5 Å². The third-order valence-corrected chi connectivity index (χ3v) is 6.22. The molecule has 0 amide bonds. The molecule has 5 heteroatoms. The number of rotatable bonds is 4. The summed E-state index contributed by atoms with van der Waals surface area (Å²) in [5.74, 6) is 0.553. The number of aryl methyl sites for hydroxylation is 1. The quantitative estimate of drug-likeness (QED) is 0.703. The average Bonchev–Trinajstić information content (AvgIpc) is 3.01.